The van der Waals surface area contributed by atoms with Gasteiger partial charge >= 0.3 is 11.6 Å². The minimum absolute atomic E-state index is 0. The summed E-state index contributed by atoms with van der Waals surface area (Å²) in [5, 5.41) is 0. The largest absolute Gasteiger partial charge is 0.351 e. The lowest BCUT2D eigenvalue weighted by molar-refractivity contribution is 0.254. The molecule has 0 bridgehead atoms. The predicted molar refractivity (Wildman–Crippen MR) is 64.4 cm³/mol. The second-order valence-electron chi connectivity index (χ2n) is 3.27. The lowest BCUT2D eigenvalue weighted by Gasteiger charge is -2.16. The van der Waals surface area contributed by atoms with E-state index < -0.39 is 11.6 Å². The molecule has 8 nitrogen and oxygen atoms in total. The molecule has 17 heavy (non-hydrogen) atoms. The summed E-state index contributed by atoms with van der Waals surface area (Å²) in [5.74, 6) is 0.161. The lowest BCUT2D eigenvalue weighted by atomic mass is 10.5. The molecule has 0 fully saturated rings. The van der Waals surface area contributed by atoms with Gasteiger partial charge in [0.2, 0.25) is 5.95 Å². The number of carbonyl (C=O) groups is 1. The molecule has 0 aromatic carbocycles. The van der Waals surface area contributed by atoms with Gasteiger partial charge in [-0.3, -0.25) is 14.3 Å². The maximum Gasteiger partial charge on any atom is 0.321 e. The van der Waals surface area contributed by atoms with Crippen LogP contribution in [0.15, 0.2) is 11.1 Å². The first-order valence-corrected chi connectivity index (χ1v) is 4.45. The molecular formula is C8H11ClN6O2. The Balaban J connectivity index is 0.00000144. The summed E-state index contributed by atoms with van der Waals surface area (Å²) >= 11 is 0. The third kappa shape index (κ3) is 1.94. The van der Waals surface area contributed by atoms with E-state index in [4.69, 9.17) is 5.73 Å². The van der Waals surface area contributed by atoms with Gasteiger partial charge in [-0.1, -0.05) is 0 Å². The molecule has 0 saturated heterocycles. The summed E-state index contributed by atoms with van der Waals surface area (Å²) in [7, 11) is 3.09. The number of H-pyrrole nitrogens is 1. The number of nitrogens with one attached hydrogen (secondary N) is 1. The summed E-state index contributed by atoms with van der Waals surface area (Å²) in [6.45, 7) is 0. The third-order valence-corrected chi connectivity index (χ3v) is 2.29. The summed E-state index contributed by atoms with van der Waals surface area (Å²) in [6, 6.07) is -0.693. The summed E-state index contributed by atoms with van der Waals surface area (Å²) in [4.78, 5) is 34.0. The van der Waals surface area contributed by atoms with Crippen molar-refractivity contribution in [2.45, 2.75) is 0 Å². The Morgan fingerprint density at radius 3 is 2.82 bits per heavy atom. The number of halogens is 1. The number of hydrogen-bond donors (Lipinski definition) is 2. The highest BCUT2D eigenvalue weighted by Gasteiger charge is 2.15. The molecule has 0 aliphatic carbocycles. The molecule has 3 N–H and O–H groups in total. The van der Waals surface area contributed by atoms with Crippen LogP contribution in [0.4, 0.5) is 10.7 Å². The van der Waals surface area contributed by atoms with Crippen LogP contribution in [0.2, 0.25) is 0 Å². The molecule has 2 aromatic heterocycles. The fraction of sp³-hybridized carbons (Fsp3) is 0.250. The van der Waals surface area contributed by atoms with Gasteiger partial charge in [-0.05, 0) is 0 Å². The molecule has 0 saturated carbocycles. The van der Waals surface area contributed by atoms with Crippen LogP contribution in [0.3, 0.4) is 0 Å². The number of urea groups is 1. The van der Waals surface area contributed by atoms with Gasteiger partial charge in [0.25, 0.3) is 0 Å². The van der Waals surface area contributed by atoms with Crippen molar-refractivity contribution in [3.05, 3.63) is 16.7 Å². The number of primary amides is 1. The Bertz CT molecular complexity index is 618. The van der Waals surface area contributed by atoms with E-state index in [0.717, 1.165) is 4.90 Å². The number of carbonyl (C=O) groups excluding carboxylic acids is 1. The SMILES string of the molecule is CN(C(N)=O)c1nc(=O)c2nc[nH]c2n1C.Cl. The number of rotatable bonds is 1. The molecule has 2 heterocycles. The van der Waals surface area contributed by atoms with Gasteiger partial charge in [0.1, 0.15) is 5.65 Å². The number of anilines is 1. The molecule has 0 radical (unpaired) electrons. The van der Waals surface area contributed by atoms with E-state index in [1.54, 1.807) is 7.05 Å². The van der Waals surface area contributed by atoms with Gasteiger partial charge in [0.15, 0.2) is 5.52 Å². The topological polar surface area (TPSA) is 110 Å². The average molecular weight is 259 g/mol. The standard InChI is InChI=1S/C8H10N6O2.ClH/c1-13-5-4(10-3-11-5)6(15)12-8(13)14(2)7(9)16;/h3H,1-2H3,(H2,9,16)(H,10,11);1H. The fourth-order valence-corrected chi connectivity index (χ4v) is 1.42. The molecule has 0 spiro atoms. The minimum atomic E-state index is -0.693. The number of aromatic amines is 1. The van der Waals surface area contributed by atoms with Crippen LogP contribution < -0.4 is 16.2 Å². The zero-order valence-electron chi connectivity index (χ0n) is 9.17. The average Bonchev–Trinajstić information content (AvgIpc) is 2.71. The Morgan fingerprint density at radius 1 is 1.59 bits per heavy atom. The zero-order valence-corrected chi connectivity index (χ0v) is 9.98. The first-order chi connectivity index (χ1) is 7.52. The number of aromatic nitrogens is 4. The Hall–Kier alpha value is -2.09. The van der Waals surface area contributed by atoms with Crippen LogP contribution >= 0.6 is 12.4 Å². The van der Waals surface area contributed by atoms with Crippen molar-refractivity contribution >= 4 is 35.6 Å². The molecular weight excluding hydrogens is 248 g/mol. The molecule has 0 aliphatic heterocycles. The molecule has 2 aromatic rings. The Kier molecular flexibility index (Phi) is 3.37. The van der Waals surface area contributed by atoms with Crippen molar-refractivity contribution in [1.82, 2.24) is 19.5 Å². The van der Waals surface area contributed by atoms with E-state index in [1.165, 1.54) is 17.9 Å². The van der Waals surface area contributed by atoms with Crippen molar-refractivity contribution in [3.8, 4) is 0 Å². The van der Waals surface area contributed by atoms with Crippen molar-refractivity contribution in [2.75, 3.05) is 11.9 Å². The molecule has 0 atom stereocenters. The van der Waals surface area contributed by atoms with E-state index >= 15 is 0 Å². The van der Waals surface area contributed by atoms with Gasteiger partial charge in [0.05, 0.1) is 6.33 Å². The van der Waals surface area contributed by atoms with Crippen LogP contribution in [0.5, 0.6) is 0 Å². The molecule has 92 valence electrons. The van der Waals surface area contributed by atoms with Crippen molar-refractivity contribution in [3.63, 3.8) is 0 Å². The minimum Gasteiger partial charge on any atom is -0.351 e. The smallest absolute Gasteiger partial charge is 0.321 e. The van der Waals surface area contributed by atoms with Gasteiger partial charge < -0.3 is 10.7 Å². The van der Waals surface area contributed by atoms with Crippen molar-refractivity contribution in [2.24, 2.45) is 12.8 Å². The van der Waals surface area contributed by atoms with E-state index in [9.17, 15) is 9.59 Å². The maximum absolute atomic E-state index is 11.6. The zero-order chi connectivity index (χ0) is 11.9. The van der Waals surface area contributed by atoms with Crippen LogP contribution in [-0.4, -0.2) is 32.6 Å². The van der Waals surface area contributed by atoms with Crippen molar-refractivity contribution in [1.29, 1.82) is 0 Å². The molecule has 2 rings (SSSR count). The summed E-state index contributed by atoms with van der Waals surface area (Å²) < 4.78 is 1.54. The van der Waals surface area contributed by atoms with E-state index in [2.05, 4.69) is 15.0 Å². The number of hydrogen-bond acceptors (Lipinski definition) is 4. The van der Waals surface area contributed by atoms with Crippen LogP contribution in [0, 0.1) is 0 Å². The summed E-state index contributed by atoms with van der Waals surface area (Å²) in [6.07, 6.45) is 1.39. The third-order valence-electron chi connectivity index (χ3n) is 2.29. The van der Waals surface area contributed by atoms with Crippen molar-refractivity contribution < 1.29 is 4.79 Å². The van der Waals surface area contributed by atoms with E-state index in [1.807, 2.05) is 0 Å². The number of nitrogens with two attached hydrogens (primary N) is 1. The molecule has 0 unspecified atom stereocenters. The van der Waals surface area contributed by atoms with Gasteiger partial charge in [0, 0.05) is 14.1 Å². The first-order valence-electron chi connectivity index (χ1n) is 4.45. The highest BCUT2D eigenvalue weighted by Crippen LogP contribution is 2.11. The highest BCUT2D eigenvalue weighted by molar-refractivity contribution is 5.89. The second kappa shape index (κ2) is 4.42. The number of fused-ring (bicyclic) bond motifs is 1. The predicted octanol–water partition coefficient (Wildman–Crippen LogP) is -0.407. The Morgan fingerprint density at radius 2 is 2.24 bits per heavy atom. The number of nitrogens with zero attached hydrogens (tertiary/aromatic N) is 4. The number of imidazole rings is 1. The van der Waals surface area contributed by atoms with Crippen LogP contribution in [-0.2, 0) is 7.05 Å². The second-order valence-corrected chi connectivity index (χ2v) is 3.27. The van der Waals surface area contributed by atoms with Gasteiger partial charge in [-0.25, -0.2) is 9.78 Å². The monoisotopic (exact) mass is 258 g/mol. The molecule has 2 amide bonds. The van der Waals surface area contributed by atoms with E-state index in [-0.39, 0.29) is 23.9 Å². The molecule has 0 aliphatic rings. The van der Waals surface area contributed by atoms with Gasteiger partial charge in [-0.15, -0.1) is 12.4 Å². The van der Waals surface area contributed by atoms with Crippen LogP contribution in [0.25, 0.3) is 11.2 Å². The van der Waals surface area contributed by atoms with Crippen LogP contribution in [0.1, 0.15) is 0 Å². The first kappa shape index (κ1) is 13.0. The highest BCUT2D eigenvalue weighted by atomic mass is 35.5. The normalized spacial score (nSPS) is 10.0. The number of amides is 2. The Labute approximate surface area is 102 Å². The maximum atomic E-state index is 11.6. The molecule has 9 heteroatoms. The number of aryl methyl sites for hydroxylation is 1. The fourth-order valence-electron chi connectivity index (χ4n) is 1.42. The van der Waals surface area contributed by atoms with E-state index in [0.29, 0.717) is 5.65 Å². The quantitative estimate of drug-likeness (QED) is 0.725. The summed E-state index contributed by atoms with van der Waals surface area (Å²) in [5.41, 5.74) is 5.32. The van der Waals surface area contributed by atoms with Gasteiger partial charge in [-0.2, -0.15) is 4.98 Å². The lowest BCUT2D eigenvalue weighted by Crippen LogP contribution is -2.36.